The first-order chi connectivity index (χ1) is 8.56. The van der Waals surface area contributed by atoms with Crippen molar-refractivity contribution in [3.63, 3.8) is 0 Å². The Kier molecular flexibility index (Phi) is 4.66. The second kappa shape index (κ2) is 6.05. The van der Waals surface area contributed by atoms with E-state index in [1.807, 2.05) is 18.2 Å². The molecule has 0 radical (unpaired) electrons. The number of benzene rings is 1. The van der Waals surface area contributed by atoms with Gasteiger partial charge in [-0.1, -0.05) is 29.3 Å². The Bertz CT molecular complexity index is 447. The standard InChI is InChI=1S/C14H17Cl2NO/c1-10(18)7-12-3-2-6-17(12)9-11-4-5-13(15)14(16)8-11/h4-5,8,12H,2-3,6-7,9H2,1H3. The van der Waals surface area contributed by atoms with E-state index in [4.69, 9.17) is 23.2 Å². The van der Waals surface area contributed by atoms with Gasteiger partial charge in [0.2, 0.25) is 0 Å². The summed E-state index contributed by atoms with van der Waals surface area (Å²) in [6.45, 7) is 3.56. The summed E-state index contributed by atoms with van der Waals surface area (Å²) in [4.78, 5) is 13.6. The van der Waals surface area contributed by atoms with Crippen LogP contribution >= 0.6 is 23.2 Å². The normalized spacial score (nSPS) is 20.3. The maximum Gasteiger partial charge on any atom is 0.131 e. The molecule has 1 unspecified atom stereocenters. The number of hydrogen-bond donors (Lipinski definition) is 0. The summed E-state index contributed by atoms with van der Waals surface area (Å²) in [5.74, 6) is 0.265. The number of Topliss-reactive ketones (excluding diaryl/α,β-unsaturated/α-hetero) is 1. The van der Waals surface area contributed by atoms with Crippen molar-refractivity contribution in [2.45, 2.75) is 38.8 Å². The molecule has 0 amide bonds. The van der Waals surface area contributed by atoms with Crippen molar-refractivity contribution < 1.29 is 4.79 Å². The molecule has 1 aromatic rings. The summed E-state index contributed by atoms with van der Waals surface area (Å²) in [7, 11) is 0. The number of carbonyl (C=O) groups excluding carboxylic acids is 1. The number of rotatable bonds is 4. The smallest absolute Gasteiger partial charge is 0.131 e. The molecule has 1 heterocycles. The molecule has 0 aliphatic carbocycles. The molecular weight excluding hydrogens is 269 g/mol. The number of ketones is 1. The molecule has 2 rings (SSSR count). The summed E-state index contributed by atoms with van der Waals surface area (Å²) >= 11 is 11.9. The van der Waals surface area contributed by atoms with Crippen LogP contribution in [0.2, 0.25) is 10.0 Å². The third-order valence-electron chi connectivity index (χ3n) is 3.39. The second-order valence-electron chi connectivity index (χ2n) is 4.92. The van der Waals surface area contributed by atoms with Gasteiger partial charge in [-0.05, 0) is 44.0 Å². The maximum absolute atomic E-state index is 11.2. The fraction of sp³-hybridized carbons (Fsp3) is 0.500. The highest BCUT2D eigenvalue weighted by molar-refractivity contribution is 6.42. The van der Waals surface area contributed by atoms with Crippen molar-refractivity contribution in [2.75, 3.05) is 6.54 Å². The molecule has 0 N–H and O–H groups in total. The molecule has 98 valence electrons. The number of hydrogen-bond acceptors (Lipinski definition) is 2. The fourth-order valence-electron chi connectivity index (χ4n) is 2.54. The minimum atomic E-state index is 0.265. The molecule has 2 nitrogen and oxygen atoms in total. The van der Waals surface area contributed by atoms with E-state index in [1.54, 1.807) is 6.92 Å². The van der Waals surface area contributed by atoms with Gasteiger partial charge in [0.25, 0.3) is 0 Å². The SMILES string of the molecule is CC(=O)CC1CCCN1Cc1ccc(Cl)c(Cl)c1. The van der Waals surface area contributed by atoms with Crippen LogP contribution in [0.25, 0.3) is 0 Å². The highest BCUT2D eigenvalue weighted by Crippen LogP contribution is 2.26. The lowest BCUT2D eigenvalue weighted by Crippen LogP contribution is -2.30. The Labute approximate surface area is 118 Å². The largest absolute Gasteiger partial charge is 0.300 e. The lowest BCUT2D eigenvalue weighted by molar-refractivity contribution is -0.118. The van der Waals surface area contributed by atoms with Gasteiger partial charge < -0.3 is 0 Å². The van der Waals surface area contributed by atoms with Gasteiger partial charge in [-0.15, -0.1) is 0 Å². The predicted octanol–water partition coefficient (Wildman–Crippen LogP) is 3.94. The maximum atomic E-state index is 11.2. The highest BCUT2D eigenvalue weighted by Gasteiger charge is 2.25. The third-order valence-corrected chi connectivity index (χ3v) is 4.13. The molecule has 1 aliphatic rings. The lowest BCUT2D eigenvalue weighted by atomic mass is 10.1. The summed E-state index contributed by atoms with van der Waals surface area (Å²) in [6, 6.07) is 6.12. The van der Waals surface area contributed by atoms with Gasteiger partial charge in [-0.3, -0.25) is 9.69 Å². The van der Waals surface area contributed by atoms with Crippen LogP contribution in [0.5, 0.6) is 0 Å². The molecule has 1 atom stereocenters. The van der Waals surface area contributed by atoms with E-state index >= 15 is 0 Å². The summed E-state index contributed by atoms with van der Waals surface area (Å²) in [6.07, 6.45) is 2.93. The molecule has 1 aliphatic heterocycles. The topological polar surface area (TPSA) is 20.3 Å². The average Bonchev–Trinajstić information content (AvgIpc) is 2.70. The number of carbonyl (C=O) groups is 1. The quantitative estimate of drug-likeness (QED) is 0.835. The predicted molar refractivity (Wildman–Crippen MR) is 75.2 cm³/mol. The minimum absolute atomic E-state index is 0.265. The molecule has 1 aromatic carbocycles. The van der Waals surface area contributed by atoms with Crippen molar-refractivity contribution in [1.29, 1.82) is 0 Å². The van der Waals surface area contributed by atoms with E-state index in [0.717, 1.165) is 25.1 Å². The van der Waals surface area contributed by atoms with E-state index in [-0.39, 0.29) is 5.78 Å². The molecule has 0 saturated carbocycles. The molecule has 1 fully saturated rings. The number of halogens is 2. The summed E-state index contributed by atoms with van der Waals surface area (Å²) < 4.78 is 0. The zero-order valence-electron chi connectivity index (χ0n) is 10.5. The Morgan fingerprint density at radius 1 is 1.39 bits per heavy atom. The van der Waals surface area contributed by atoms with E-state index in [2.05, 4.69) is 4.90 Å². The van der Waals surface area contributed by atoms with E-state index in [1.165, 1.54) is 6.42 Å². The molecule has 0 spiro atoms. The second-order valence-corrected chi connectivity index (χ2v) is 5.74. The van der Waals surface area contributed by atoms with Crippen LogP contribution in [0.15, 0.2) is 18.2 Å². The van der Waals surface area contributed by atoms with Gasteiger partial charge in [-0.25, -0.2) is 0 Å². The van der Waals surface area contributed by atoms with Crippen LogP contribution in [0, 0.1) is 0 Å². The molecule has 0 bridgehead atoms. The Morgan fingerprint density at radius 3 is 2.83 bits per heavy atom. The Morgan fingerprint density at radius 2 is 2.17 bits per heavy atom. The van der Waals surface area contributed by atoms with Gasteiger partial charge in [0, 0.05) is 19.0 Å². The van der Waals surface area contributed by atoms with Crippen molar-refractivity contribution in [2.24, 2.45) is 0 Å². The first-order valence-corrected chi connectivity index (χ1v) is 6.99. The zero-order chi connectivity index (χ0) is 13.1. The lowest BCUT2D eigenvalue weighted by Gasteiger charge is -2.23. The van der Waals surface area contributed by atoms with Gasteiger partial charge in [0.05, 0.1) is 10.0 Å². The minimum Gasteiger partial charge on any atom is -0.300 e. The molecular formula is C14H17Cl2NO. The molecule has 4 heteroatoms. The van der Waals surface area contributed by atoms with E-state index in [0.29, 0.717) is 22.5 Å². The van der Waals surface area contributed by atoms with Crippen molar-refractivity contribution >= 4 is 29.0 Å². The zero-order valence-corrected chi connectivity index (χ0v) is 12.0. The highest BCUT2D eigenvalue weighted by atomic mass is 35.5. The van der Waals surface area contributed by atoms with Crippen molar-refractivity contribution in [3.8, 4) is 0 Å². The number of nitrogens with zero attached hydrogens (tertiary/aromatic N) is 1. The first kappa shape index (κ1) is 13.9. The van der Waals surface area contributed by atoms with Crippen molar-refractivity contribution in [3.05, 3.63) is 33.8 Å². The van der Waals surface area contributed by atoms with Crippen LogP contribution in [-0.4, -0.2) is 23.3 Å². The van der Waals surface area contributed by atoms with Crippen molar-refractivity contribution in [1.82, 2.24) is 4.90 Å². The van der Waals surface area contributed by atoms with Crippen LogP contribution in [0.3, 0.4) is 0 Å². The van der Waals surface area contributed by atoms with E-state index in [9.17, 15) is 4.79 Å². The number of likely N-dealkylation sites (tertiary alicyclic amines) is 1. The Balaban J connectivity index is 2.03. The first-order valence-electron chi connectivity index (χ1n) is 6.23. The molecule has 1 saturated heterocycles. The van der Waals surface area contributed by atoms with Crippen LogP contribution in [0.4, 0.5) is 0 Å². The molecule has 0 aromatic heterocycles. The Hall–Kier alpha value is -0.570. The van der Waals surface area contributed by atoms with Gasteiger partial charge >= 0.3 is 0 Å². The van der Waals surface area contributed by atoms with Crippen LogP contribution < -0.4 is 0 Å². The van der Waals surface area contributed by atoms with E-state index < -0.39 is 0 Å². The third kappa shape index (κ3) is 3.47. The molecule has 18 heavy (non-hydrogen) atoms. The van der Waals surface area contributed by atoms with Gasteiger partial charge in [0.15, 0.2) is 0 Å². The van der Waals surface area contributed by atoms with Crippen LogP contribution in [-0.2, 0) is 11.3 Å². The summed E-state index contributed by atoms with van der Waals surface area (Å²) in [5, 5.41) is 1.18. The van der Waals surface area contributed by atoms with Gasteiger partial charge in [-0.2, -0.15) is 0 Å². The average molecular weight is 286 g/mol. The fourth-order valence-corrected chi connectivity index (χ4v) is 2.86. The summed E-state index contributed by atoms with van der Waals surface area (Å²) in [5.41, 5.74) is 1.15. The van der Waals surface area contributed by atoms with Crippen LogP contribution in [0.1, 0.15) is 31.7 Å². The monoisotopic (exact) mass is 285 g/mol. The van der Waals surface area contributed by atoms with Gasteiger partial charge in [0.1, 0.15) is 5.78 Å².